The molecule has 0 N–H and O–H groups in total. The van der Waals surface area contributed by atoms with E-state index in [0.29, 0.717) is 12.5 Å². The summed E-state index contributed by atoms with van der Waals surface area (Å²) in [6, 6.07) is 8.06. The molecular formula is C15H17NO3. The van der Waals surface area contributed by atoms with E-state index in [-0.39, 0.29) is 23.6 Å². The second kappa shape index (κ2) is 3.51. The van der Waals surface area contributed by atoms with Crippen LogP contribution in [0, 0.1) is 11.3 Å². The molecule has 4 rings (SSSR count). The molecule has 3 aliphatic rings. The molecular weight excluding hydrogens is 242 g/mol. The van der Waals surface area contributed by atoms with Gasteiger partial charge in [0.2, 0.25) is 5.91 Å². The van der Waals surface area contributed by atoms with Crippen molar-refractivity contribution in [3.05, 3.63) is 29.8 Å². The second-order valence-corrected chi connectivity index (χ2v) is 5.97. The third-order valence-electron chi connectivity index (χ3n) is 4.93. The van der Waals surface area contributed by atoms with Crippen molar-refractivity contribution in [1.82, 2.24) is 4.90 Å². The van der Waals surface area contributed by atoms with Gasteiger partial charge in [0.15, 0.2) is 6.23 Å². The van der Waals surface area contributed by atoms with Crippen LogP contribution in [0.2, 0.25) is 0 Å². The number of ether oxygens (including phenoxy) is 2. The van der Waals surface area contributed by atoms with E-state index in [1.54, 1.807) is 7.11 Å². The molecule has 2 aliphatic heterocycles. The van der Waals surface area contributed by atoms with Gasteiger partial charge in [0, 0.05) is 5.56 Å². The van der Waals surface area contributed by atoms with Gasteiger partial charge in [0.25, 0.3) is 0 Å². The van der Waals surface area contributed by atoms with E-state index in [1.807, 2.05) is 29.2 Å². The molecule has 1 aliphatic carbocycles. The minimum absolute atomic E-state index is 0.0980. The number of fused-ring (bicyclic) bond motifs is 3. The summed E-state index contributed by atoms with van der Waals surface area (Å²) in [6.45, 7) is 2.76. The van der Waals surface area contributed by atoms with E-state index in [4.69, 9.17) is 9.47 Å². The van der Waals surface area contributed by atoms with Crippen LogP contribution in [0.1, 0.15) is 25.1 Å². The number of amides is 1. The molecule has 1 aromatic rings. The lowest BCUT2D eigenvalue weighted by Gasteiger charge is -2.25. The van der Waals surface area contributed by atoms with Crippen LogP contribution in [0.3, 0.4) is 0 Å². The largest absolute Gasteiger partial charge is 0.497 e. The Hall–Kier alpha value is -1.55. The smallest absolute Gasteiger partial charge is 0.231 e. The minimum Gasteiger partial charge on any atom is -0.497 e. The highest BCUT2D eigenvalue weighted by Crippen LogP contribution is 2.64. The van der Waals surface area contributed by atoms with Gasteiger partial charge in [0.1, 0.15) is 5.75 Å². The van der Waals surface area contributed by atoms with Crippen molar-refractivity contribution in [1.29, 1.82) is 0 Å². The topological polar surface area (TPSA) is 38.8 Å². The minimum atomic E-state index is -0.215. The fourth-order valence-corrected chi connectivity index (χ4v) is 3.62. The first kappa shape index (κ1) is 11.3. The van der Waals surface area contributed by atoms with Crippen LogP contribution in [0.15, 0.2) is 24.3 Å². The monoisotopic (exact) mass is 259 g/mol. The van der Waals surface area contributed by atoms with E-state index in [9.17, 15) is 4.79 Å². The van der Waals surface area contributed by atoms with Crippen LogP contribution in [0.5, 0.6) is 5.75 Å². The Morgan fingerprint density at radius 1 is 1.37 bits per heavy atom. The first-order valence-corrected chi connectivity index (χ1v) is 6.73. The van der Waals surface area contributed by atoms with Crippen molar-refractivity contribution in [2.75, 3.05) is 13.7 Å². The molecule has 0 spiro atoms. The van der Waals surface area contributed by atoms with Crippen LogP contribution in [-0.2, 0) is 9.53 Å². The van der Waals surface area contributed by atoms with Gasteiger partial charge in [-0.2, -0.15) is 0 Å². The van der Waals surface area contributed by atoms with Crippen molar-refractivity contribution < 1.29 is 14.3 Å². The average Bonchev–Trinajstić information content (AvgIpc) is 2.87. The predicted molar refractivity (Wildman–Crippen MR) is 68.5 cm³/mol. The molecule has 0 aromatic heterocycles. The van der Waals surface area contributed by atoms with E-state index in [2.05, 4.69) is 6.92 Å². The van der Waals surface area contributed by atoms with E-state index in [0.717, 1.165) is 17.7 Å². The summed E-state index contributed by atoms with van der Waals surface area (Å²) in [7, 11) is 1.65. The second-order valence-electron chi connectivity index (χ2n) is 5.97. The summed E-state index contributed by atoms with van der Waals surface area (Å²) in [5.74, 6) is 1.59. The average molecular weight is 259 g/mol. The number of benzene rings is 1. The summed E-state index contributed by atoms with van der Waals surface area (Å²) in [6.07, 6.45) is 0.819. The number of piperidine rings is 1. The van der Waals surface area contributed by atoms with Gasteiger partial charge in [-0.05, 0) is 24.5 Å². The molecule has 1 aromatic carbocycles. The molecule has 1 amide bonds. The van der Waals surface area contributed by atoms with E-state index >= 15 is 0 Å². The summed E-state index contributed by atoms with van der Waals surface area (Å²) in [5.41, 5.74) is 0.931. The van der Waals surface area contributed by atoms with Gasteiger partial charge in [-0.3, -0.25) is 4.79 Å². The molecule has 4 unspecified atom stereocenters. The maximum absolute atomic E-state index is 12.5. The molecule has 19 heavy (non-hydrogen) atoms. The Labute approximate surface area is 112 Å². The Balaban J connectivity index is 1.64. The van der Waals surface area contributed by atoms with Gasteiger partial charge >= 0.3 is 0 Å². The van der Waals surface area contributed by atoms with Crippen molar-refractivity contribution in [3.63, 3.8) is 0 Å². The third kappa shape index (κ3) is 1.35. The highest BCUT2D eigenvalue weighted by atomic mass is 16.5. The van der Waals surface area contributed by atoms with Crippen molar-refractivity contribution in [2.24, 2.45) is 11.3 Å². The fraction of sp³-hybridized carbons (Fsp3) is 0.533. The fourth-order valence-electron chi connectivity index (χ4n) is 3.62. The molecule has 100 valence electrons. The number of nitrogens with zero attached hydrogens (tertiary/aromatic N) is 1. The van der Waals surface area contributed by atoms with Crippen molar-refractivity contribution in [2.45, 2.75) is 25.6 Å². The quantitative estimate of drug-likeness (QED) is 0.815. The van der Waals surface area contributed by atoms with E-state index in [1.165, 1.54) is 0 Å². The molecule has 1 saturated carbocycles. The van der Waals surface area contributed by atoms with Crippen LogP contribution in [-0.4, -0.2) is 30.6 Å². The van der Waals surface area contributed by atoms with Crippen molar-refractivity contribution >= 4 is 5.91 Å². The zero-order chi connectivity index (χ0) is 13.2. The zero-order valence-corrected chi connectivity index (χ0v) is 11.1. The zero-order valence-electron chi connectivity index (χ0n) is 11.1. The summed E-state index contributed by atoms with van der Waals surface area (Å²) in [4.78, 5) is 14.4. The van der Waals surface area contributed by atoms with Crippen LogP contribution in [0.4, 0.5) is 0 Å². The van der Waals surface area contributed by atoms with Gasteiger partial charge in [0.05, 0.1) is 25.2 Å². The third-order valence-corrected chi connectivity index (χ3v) is 4.93. The Bertz CT molecular complexity index is 541. The number of carbonyl (C=O) groups excluding carboxylic acids is 1. The normalized spacial score (nSPS) is 39.2. The number of methoxy groups -OCH3 is 1. The number of rotatable bonds is 2. The molecule has 0 radical (unpaired) electrons. The Morgan fingerprint density at radius 3 is 2.79 bits per heavy atom. The van der Waals surface area contributed by atoms with Crippen LogP contribution in [0.25, 0.3) is 0 Å². The SMILES string of the molecule is COc1ccc(C2OCC3C4CC4(C)C(=O)N23)cc1. The maximum atomic E-state index is 12.5. The lowest BCUT2D eigenvalue weighted by Crippen LogP contribution is -2.35. The maximum Gasteiger partial charge on any atom is 0.231 e. The molecule has 2 saturated heterocycles. The first-order chi connectivity index (χ1) is 9.15. The Kier molecular flexibility index (Phi) is 2.09. The van der Waals surface area contributed by atoms with Gasteiger partial charge < -0.3 is 14.4 Å². The summed E-state index contributed by atoms with van der Waals surface area (Å²) in [5, 5.41) is 0. The number of hydrogen-bond acceptors (Lipinski definition) is 3. The number of hydrogen-bond donors (Lipinski definition) is 0. The van der Waals surface area contributed by atoms with Crippen LogP contribution >= 0.6 is 0 Å². The lowest BCUT2D eigenvalue weighted by molar-refractivity contribution is -0.139. The standard InChI is InChI=1S/C15H17NO3/c1-15-7-11(15)12-8-19-13(16(12)14(15)17)9-3-5-10(18-2)6-4-9/h3-6,11-13H,7-8H2,1-2H3. The Morgan fingerprint density at radius 2 is 2.11 bits per heavy atom. The lowest BCUT2D eigenvalue weighted by atomic mass is 10.1. The summed E-state index contributed by atoms with van der Waals surface area (Å²) < 4.78 is 11.0. The molecule has 4 nitrogen and oxygen atoms in total. The molecule has 2 heterocycles. The highest BCUT2D eigenvalue weighted by Gasteiger charge is 2.70. The molecule has 3 fully saturated rings. The first-order valence-electron chi connectivity index (χ1n) is 6.73. The van der Waals surface area contributed by atoms with Crippen LogP contribution < -0.4 is 4.74 Å². The molecule has 4 atom stereocenters. The molecule has 0 bridgehead atoms. The highest BCUT2D eigenvalue weighted by molar-refractivity contribution is 5.89. The summed E-state index contributed by atoms with van der Waals surface area (Å²) >= 11 is 0. The molecule has 4 heteroatoms. The van der Waals surface area contributed by atoms with E-state index < -0.39 is 0 Å². The van der Waals surface area contributed by atoms with Crippen molar-refractivity contribution in [3.8, 4) is 5.75 Å². The van der Waals surface area contributed by atoms with Gasteiger partial charge in [-0.25, -0.2) is 0 Å². The predicted octanol–water partition coefficient (Wildman–Crippen LogP) is 1.96. The van der Waals surface area contributed by atoms with Gasteiger partial charge in [-0.15, -0.1) is 0 Å². The number of carbonyl (C=O) groups is 1. The van der Waals surface area contributed by atoms with Gasteiger partial charge in [-0.1, -0.05) is 19.1 Å².